The molecular formula is C2H3N2O2S. The molecule has 0 aliphatic rings. The molecule has 5 heteroatoms. The van der Waals surface area contributed by atoms with E-state index in [2.05, 4.69) is 7.05 Å². The van der Waals surface area contributed by atoms with E-state index in [-0.39, 0.29) is 0 Å². The first-order valence-corrected chi connectivity index (χ1v) is 2.80. The predicted molar refractivity (Wildman–Crippen MR) is 23.0 cm³/mol. The Bertz CT molecular complexity index is 174. The maximum atomic E-state index is 9.83. The van der Waals surface area contributed by atoms with Crippen molar-refractivity contribution in [2.75, 3.05) is 0 Å². The third kappa shape index (κ3) is 2.14. The van der Waals surface area contributed by atoms with Crippen LogP contribution < -0.4 is 4.72 Å². The third-order valence-electron chi connectivity index (χ3n) is 0.310. The fourth-order valence-electron chi connectivity index (χ4n) is 0.0323. The van der Waals surface area contributed by atoms with Crippen LogP contribution in [0, 0.1) is 17.7 Å². The first-order chi connectivity index (χ1) is 3.12. The normalized spacial score (nSPS) is 10.3. The minimum Gasteiger partial charge on any atom is -0.202 e. The van der Waals surface area contributed by atoms with Crippen molar-refractivity contribution in [3.63, 3.8) is 0 Å². The van der Waals surface area contributed by atoms with Gasteiger partial charge in [-0.3, -0.25) is 0 Å². The molecule has 0 atom stereocenters. The lowest BCUT2D eigenvalue weighted by Crippen LogP contribution is -2.12. The Morgan fingerprint density at radius 2 is 2.14 bits per heavy atom. The van der Waals surface area contributed by atoms with Crippen LogP contribution in [0.5, 0.6) is 0 Å². The van der Waals surface area contributed by atoms with E-state index in [1.165, 1.54) is 0 Å². The molecule has 4 nitrogen and oxygen atoms in total. The van der Waals surface area contributed by atoms with E-state index in [0.717, 1.165) is 5.40 Å². The van der Waals surface area contributed by atoms with E-state index in [0.29, 0.717) is 0 Å². The van der Waals surface area contributed by atoms with Crippen molar-refractivity contribution in [2.24, 2.45) is 0 Å². The average Bonchev–Trinajstić information content (AvgIpc) is 1.68. The summed E-state index contributed by atoms with van der Waals surface area (Å²) in [5.41, 5.74) is 0. The van der Waals surface area contributed by atoms with E-state index in [9.17, 15) is 8.42 Å². The van der Waals surface area contributed by atoms with Gasteiger partial charge in [0, 0.05) is 7.05 Å². The summed E-state index contributed by atoms with van der Waals surface area (Å²) in [6.45, 7) is 0. The highest BCUT2D eigenvalue weighted by Crippen LogP contribution is 1.71. The van der Waals surface area contributed by atoms with Crippen molar-refractivity contribution in [3.8, 4) is 5.40 Å². The van der Waals surface area contributed by atoms with E-state index in [1.807, 2.05) is 0 Å². The number of rotatable bonds is 1. The number of nitriles is 1. The van der Waals surface area contributed by atoms with Crippen molar-refractivity contribution in [3.05, 3.63) is 7.05 Å². The van der Waals surface area contributed by atoms with Crippen LogP contribution in [-0.2, 0) is 10.0 Å². The highest BCUT2D eigenvalue weighted by atomic mass is 32.2. The van der Waals surface area contributed by atoms with Crippen molar-refractivity contribution in [2.45, 2.75) is 0 Å². The summed E-state index contributed by atoms with van der Waals surface area (Å²) in [4.78, 5) is 0. The van der Waals surface area contributed by atoms with Gasteiger partial charge in [0.1, 0.15) is 0 Å². The van der Waals surface area contributed by atoms with Gasteiger partial charge in [-0.1, -0.05) is 0 Å². The van der Waals surface area contributed by atoms with Gasteiger partial charge in [0.05, 0.1) is 0 Å². The van der Waals surface area contributed by atoms with Gasteiger partial charge in [-0.2, -0.15) is 13.7 Å². The monoisotopic (exact) mass is 119 g/mol. The van der Waals surface area contributed by atoms with Crippen LogP contribution >= 0.6 is 0 Å². The standard InChI is InChI=1S/C2H3N2O2S/c1-4-7(5,6)2-3/h4H,1H2. The Kier molecular flexibility index (Phi) is 1.75. The minimum atomic E-state index is -3.71. The second-order valence-corrected chi connectivity index (χ2v) is 2.22. The van der Waals surface area contributed by atoms with E-state index in [4.69, 9.17) is 5.26 Å². The van der Waals surface area contributed by atoms with Crippen molar-refractivity contribution in [1.29, 1.82) is 5.26 Å². The fourth-order valence-corrected chi connectivity index (χ4v) is 0.0968. The van der Waals surface area contributed by atoms with Gasteiger partial charge in [0.25, 0.3) is 0 Å². The van der Waals surface area contributed by atoms with E-state index >= 15 is 0 Å². The van der Waals surface area contributed by atoms with Crippen LogP contribution in [0.3, 0.4) is 0 Å². The largest absolute Gasteiger partial charge is 0.305 e. The van der Waals surface area contributed by atoms with Crippen LogP contribution in [0.4, 0.5) is 0 Å². The first kappa shape index (κ1) is 6.40. The fraction of sp³-hybridized carbons (Fsp3) is 0. The van der Waals surface area contributed by atoms with Crippen LogP contribution in [-0.4, -0.2) is 8.42 Å². The second kappa shape index (κ2) is 1.91. The van der Waals surface area contributed by atoms with E-state index in [1.54, 1.807) is 4.72 Å². The lowest BCUT2D eigenvalue weighted by Gasteiger charge is -1.81. The molecule has 0 spiro atoms. The van der Waals surface area contributed by atoms with Gasteiger partial charge in [-0.15, -0.1) is 0 Å². The Hall–Kier alpha value is -0.600. The molecule has 0 aromatic heterocycles. The Balaban J connectivity index is 4.28. The molecule has 0 saturated heterocycles. The van der Waals surface area contributed by atoms with Crippen molar-refractivity contribution < 1.29 is 8.42 Å². The highest BCUT2D eigenvalue weighted by Gasteiger charge is 1.98. The summed E-state index contributed by atoms with van der Waals surface area (Å²) in [5, 5.41) is 8.64. The first-order valence-electron chi connectivity index (χ1n) is 1.32. The zero-order valence-corrected chi connectivity index (χ0v) is 4.20. The number of sulfonamides is 1. The van der Waals surface area contributed by atoms with Gasteiger partial charge >= 0.3 is 10.0 Å². The quantitative estimate of drug-likeness (QED) is 0.362. The van der Waals surface area contributed by atoms with Gasteiger partial charge in [-0.05, 0) is 0 Å². The Morgan fingerprint density at radius 1 is 1.71 bits per heavy atom. The maximum Gasteiger partial charge on any atom is 0.305 e. The number of thiocyanates is 1. The molecule has 0 aliphatic heterocycles. The zero-order valence-electron chi connectivity index (χ0n) is 3.38. The lowest BCUT2D eigenvalue weighted by molar-refractivity contribution is 0.600. The maximum absolute atomic E-state index is 9.83. The zero-order chi connectivity index (χ0) is 5.91. The molecule has 0 bridgehead atoms. The molecule has 0 aromatic carbocycles. The summed E-state index contributed by atoms with van der Waals surface area (Å²) in [5.74, 6) is 0. The summed E-state index contributed by atoms with van der Waals surface area (Å²) in [6.07, 6.45) is 0. The molecule has 0 aromatic rings. The van der Waals surface area contributed by atoms with Crippen molar-refractivity contribution >= 4 is 10.0 Å². The van der Waals surface area contributed by atoms with Crippen LogP contribution in [0.2, 0.25) is 0 Å². The molecule has 0 unspecified atom stereocenters. The lowest BCUT2D eigenvalue weighted by atomic mass is 11.6. The molecule has 0 heterocycles. The third-order valence-corrected chi connectivity index (χ3v) is 0.931. The van der Waals surface area contributed by atoms with Crippen LogP contribution in [0.25, 0.3) is 0 Å². The molecule has 39 valence electrons. The molecule has 0 amide bonds. The van der Waals surface area contributed by atoms with Crippen LogP contribution in [0.1, 0.15) is 0 Å². The number of nitrogens with one attached hydrogen (secondary N) is 1. The minimum absolute atomic E-state index is 0.990. The van der Waals surface area contributed by atoms with Gasteiger partial charge < -0.3 is 0 Å². The molecule has 0 fully saturated rings. The molecule has 0 saturated carbocycles. The number of hydrogen-bond acceptors (Lipinski definition) is 3. The highest BCUT2D eigenvalue weighted by molar-refractivity contribution is 7.94. The summed E-state index contributed by atoms with van der Waals surface area (Å²) < 4.78 is 21.2. The van der Waals surface area contributed by atoms with Gasteiger partial charge in [-0.25, -0.2) is 4.72 Å². The molecule has 7 heavy (non-hydrogen) atoms. The molecule has 0 rings (SSSR count). The molecule has 1 radical (unpaired) electrons. The van der Waals surface area contributed by atoms with E-state index < -0.39 is 10.0 Å². The van der Waals surface area contributed by atoms with Crippen molar-refractivity contribution in [1.82, 2.24) is 4.72 Å². The van der Waals surface area contributed by atoms with Gasteiger partial charge in [0.15, 0.2) is 0 Å². The average molecular weight is 119 g/mol. The Morgan fingerprint density at radius 3 is 2.14 bits per heavy atom. The Labute approximate surface area is 41.8 Å². The molecule has 1 N–H and O–H groups in total. The summed E-state index contributed by atoms with van der Waals surface area (Å²) in [7, 11) is -0.945. The predicted octanol–water partition coefficient (Wildman–Crippen LogP) is -0.822. The topological polar surface area (TPSA) is 70.0 Å². The summed E-state index contributed by atoms with van der Waals surface area (Å²) in [6, 6.07) is 0. The molecular weight excluding hydrogens is 116 g/mol. The smallest absolute Gasteiger partial charge is 0.202 e. The van der Waals surface area contributed by atoms with Crippen LogP contribution in [0.15, 0.2) is 0 Å². The van der Waals surface area contributed by atoms with Gasteiger partial charge in [0.2, 0.25) is 5.40 Å². The summed E-state index contributed by atoms with van der Waals surface area (Å²) >= 11 is 0. The number of hydrogen-bond donors (Lipinski definition) is 1. The number of nitrogens with zero attached hydrogens (tertiary/aromatic N) is 1. The molecule has 0 aliphatic carbocycles. The second-order valence-electron chi connectivity index (χ2n) is 0.739. The SMILES string of the molecule is [CH2]NS(=O)(=O)C#N.